The highest BCUT2D eigenvalue weighted by molar-refractivity contribution is 5.87. The molecule has 0 aromatic carbocycles. The average molecular weight is 829 g/mol. The second-order valence-electron chi connectivity index (χ2n) is 18.7. The molecule has 0 spiro atoms. The van der Waals surface area contributed by atoms with Crippen LogP contribution in [0.4, 0.5) is 0 Å². The summed E-state index contributed by atoms with van der Waals surface area (Å²) in [5, 5.41) is 69.3. The smallest absolute Gasteiger partial charge is 0.187 e. The van der Waals surface area contributed by atoms with E-state index in [1.54, 1.807) is 28.1 Å². The van der Waals surface area contributed by atoms with Crippen molar-refractivity contribution in [3.8, 4) is 0 Å². The highest BCUT2D eigenvalue weighted by atomic mass is 16.8. The van der Waals surface area contributed by atoms with Crippen molar-refractivity contribution in [2.75, 3.05) is 21.3 Å². The molecule has 6 fully saturated rings. The Balaban J connectivity index is 0.970. The minimum Gasteiger partial charge on any atom is -0.392 e. The SMILES string of the molecule is CO[C@H]1[C@@H](O)[C@H](O[C@H]2[C@@H](OC)C[C@H](O[C@H]3[C@@H](OC)C[C@H](O[C@H]4CC[C@@]5(C)C(=CC[C@]6(O)[C@@H]5C[C@@H](O)[C@@]5(C)[C@]6(O)CC[C@@]5(O)C(C)=O)C4)O[C@@H]3C)O[C@@H]2C)O[C@H](C)[C@H]1O. The van der Waals surface area contributed by atoms with Crippen molar-refractivity contribution in [1.82, 2.24) is 0 Å². The van der Waals surface area contributed by atoms with Gasteiger partial charge in [0.1, 0.15) is 47.3 Å². The fourth-order valence-electron chi connectivity index (χ4n) is 12.3. The molecule has 21 atom stereocenters. The van der Waals surface area contributed by atoms with Crippen molar-refractivity contribution in [3.63, 3.8) is 0 Å². The topological polar surface area (TPSA) is 222 Å². The van der Waals surface area contributed by atoms with Gasteiger partial charge in [-0.3, -0.25) is 4.79 Å². The normalized spacial score (nSPS) is 54.6. The molecule has 7 aliphatic rings. The van der Waals surface area contributed by atoms with Crippen molar-refractivity contribution in [1.29, 1.82) is 0 Å². The second-order valence-corrected chi connectivity index (χ2v) is 18.7. The minimum absolute atomic E-state index is 0.00730. The summed E-state index contributed by atoms with van der Waals surface area (Å²) in [5.41, 5.74) is -6.52. The molecule has 7 rings (SSSR count). The van der Waals surface area contributed by atoms with Crippen LogP contribution in [0.2, 0.25) is 0 Å². The molecule has 0 bridgehead atoms. The van der Waals surface area contributed by atoms with Crippen molar-refractivity contribution >= 4 is 5.78 Å². The zero-order chi connectivity index (χ0) is 42.3. The Morgan fingerprint density at radius 3 is 1.93 bits per heavy atom. The van der Waals surface area contributed by atoms with Gasteiger partial charge in [0.05, 0.1) is 48.1 Å². The van der Waals surface area contributed by atoms with Crippen LogP contribution >= 0.6 is 0 Å². The molecule has 0 aromatic rings. The third-order valence-corrected chi connectivity index (χ3v) is 16.0. The molecule has 3 aliphatic heterocycles. The van der Waals surface area contributed by atoms with E-state index in [0.717, 1.165) is 5.57 Å². The largest absolute Gasteiger partial charge is 0.392 e. The number of carbonyl (C=O) groups excluding carboxylic acids is 1. The summed E-state index contributed by atoms with van der Waals surface area (Å²) in [5.74, 6) is -1.01. The van der Waals surface area contributed by atoms with E-state index in [9.17, 15) is 35.4 Å². The molecule has 58 heavy (non-hydrogen) atoms. The quantitative estimate of drug-likeness (QED) is 0.172. The summed E-state index contributed by atoms with van der Waals surface area (Å²) in [6.07, 6.45) is -5.55. The third-order valence-electron chi connectivity index (χ3n) is 16.0. The maximum Gasteiger partial charge on any atom is 0.187 e. The molecule has 16 nitrogen and oxygen atoms in total. The number of hydrogen-bond acceptors (Lipinski definition) is 16. The average Bonchev–Trinajstić information content (AvgIpc) is 3.41. The maximum absolute atomic E-state index is 12.7. The fraction of sp³-hybridized carbons (Fsp3) is 0.929. The number of aliphatic hydroxyl groups is 6. The number of rotatable bonds is 10. The Kier molecular flexibility index (Phi) is 12.5. The number of ether oxygens (including phenoxy) is 9. The minimum atomic E-state index is -1.94. The van der Waals surface area contributed by atoms with Crippen molar-refractivity contribution in [2.24, 2.45) is 16.7 Å². The van der Waals surface area contributed by atoms with Gasteiger partial charge in [0.25, 0.3) is 0 Å². The second kappa shape index (κ2) is 16.2. The first-order chi connectivity index (χ1) is 27.2. The van der Waals surface area contributed by atoms with Crippen LogP contribution in [0.3, 0.4) is 0 Å². The zero-order valence-electron chi connectivity index (χ0n) is 35.4. The first-order valence-electron chi connectivity index (χ1n) is 21.2. The van der Waals surface area contributed by atoms with Crippen LogP contribution in [0.15, 0.2) is 11.6 Å². The maximum atomic E-state index is 12.7. The lowest BCUT2D eigenvalue weighted by atomic mass is 9.42. The highest BCUT2D eigenvalue weighted by Gasteiger charge is 2.80. The first kappa shape index (κ1) is 44.9. The van der Waals surface area contributed by atoms with Crippen LogP contribution in [-0.4, -0.2) is 167 Å². The first-order valence-corrected chi connectivity index (χ1v) is 21.2. The molecule has 3 heterocycles. The Bertz CT molecular complexity index is 1530. The summed E-state index contributed by atoms with van der Waals surface area (Å²) in [6, 6.07) is 0. The standard InChI is InChI=1S/C42H68O16/c1-20-32(45)36(52-9)33(46)37(55-20)58-35-22(3)54-31(18-27(35)51-8)57-34-21(2)53-30(17-26(34)50-7)56-25-11-12-38(5)24(16-25)10-13-41(48)28(38)19-29(44)39(6)40(47,23(4)43)14-15-42(39,41)49/h10,20-22,25-37,44-49H,11-19H2,1-9H3/t20-,21-,22-,25+,26+,27+,28-,29-,30+,31+,32-,33-,34-,35-,36-,37+,38+,39-,40-,41+,42-/m1/s1. The monoisotopic (exact) mass is 828 g/mol. The van der Waals surface area contributed by atoms with Crippen molar-refractivity contribution < 1.29 is 78.1 Å². The van der Waals surface area contributed by atoms with Gasteiger partial charge in [-0.15, -0.1) is 0 Å². The predicted molar refractivity (Wildman–Crippen MR) is 203 cm³/mol. The molecular formula is C42H68O16. The van der Waals surface area contributed by atoms with Crippen LogP contribution in [0.5, 0.6) is 0 Å². The third kappa shape index (κ3) is 6.80. The van der Waals surface area contributed by atoms with E-state index in [1.807, 2.05) is 19.9 Å². The van der Waals surface area contributed by atoms with Gasteiger partial charge in [-0.1, -0.05) is 25.5 Å². The van der Waals surface area contributed by atoms with E-state index in [4.69, 9.17) is 42.6 Å². The van der Waals surface area contributed by atoms with Crippen LogP contribution < -0.4 is 0 Å². The van der Waals surface area contributed by atoms with E-state index < -0.39 is 119 Å². The van der Waals surface area contributed by atoms with Crippen LogP contribution in [0.25, 0.3) is 0 Å². The summed E-state index contributed by atoms with van der Waals surface area (Å²) in [6.45, 7) is 10.4. The van der Waals surface area contributed by atoms with Crippen LogP contribution in [0, 0.1) is 16.7 Å². The molecule has 0 aromatic heterocycles. The fourth-order valence-corrected chi connectivity index (χ4v) is 12.3. The van der Waals surface area contributed by atoms with E-state index >= 15 is 0 Å². The number of aliphatic hydroxyl groups excluding tert-OH is 3. The van der Waals surface area contributed by atoms with Gasteiger partial charge >= 0.3 is 0 Å². The Hall–Kier alpha value is -1.19. The number of ketones is 1. The molecule has 0 amide bonds. The number of Topliss-reactive ketones (excluding diaryl/α,β-unsaturated/α-hetero) is 1. The molecular weight excluding hydrogens is 760 g/mol. The Morgan fingerprint density at radius 1 is 0.741 bits per heavy atom. The summed E-state index contributed by atoms with van der Waals surface area (Å²) in [7, 11) is 4.62. The van der Waals surface area contributed by atoms with Gasteiger partial charge in [0.2, 0.25) is 0 Å². The molecule has 3 saturated heterocycles. The highest BCUT2D eigenvalue weighted by Crippen LogP contribution is 2.70. The lowest BCUT2D eigenvalue weighted by molar-refractivity contribution is -0.352. The molecule has 16 heteroatoms. The molecule has 4 aliphatic carbocycles. The van der Waals surface area contributed by atoms with E-state index in [1.165, 1.54) is 14.0 Å². The zero-order valence-corrected chi connectivity index (χ0v) is 35.4. The number of carbonyl (C=O) groups is 1. The van der Waals surface area contributed by atoms with Crippen molar-refractivity contribution in [2.45, 2.75) is 208 Å². The summed E-state index contributed by atoms with van der Waals surface area (Å²) < 4.78 is 55.0. The summed E-state index contributed by atoms with van der Waals surface area (Å²) >= 11 is 0. The van der Waals surface area contributed by atoms with Gasteiger partial charge in [0, 0.05) is 40.1 Å². The van der Waals surface area contributed by atoms with Crippen LogP contribution in [-0.2, 0) is 47.4 Å². The van der Waals surface area contributed by atoms with Gasteiger partial charge in [-0.2, -0.15) is 0 Å². The van der Waals surface area contributed by atoms with Crippen molar-refractivity contribution in [3.05, 3.63) is 11.6 Å². The van der Waals surface area contributed by atoms with E-state index in [2.05, 4.69) is 6.92 Å². The summed E-state index contributed by atoms with van der Waals surface area (Å²) in [4.78, 5) is 12.7. The van der Waals surface area contributed by atoms with Gasteiger partial charge in [-0.05, 0) is 78.1 Å². The lowest BCUT2D eigenvalue weighted by Gasteiger charge is -2.66. The van der Waals surface area contributed by atoms with E-state index in [-0.39, 0.29) is 37.9 Å². The molecule has 6 N–H and O–H groups in total. The number of methoxy groups -OCH3 is 3. The molecule has 0 unspecified atom stereocenters. The molecule has 0 radical (unpaired) electrons. The Labute approximate surface area is 341 Å². The van der Waals surface area contributed by atoms with Gasteiger partial charge in [-0.25, -0.2) is 0 Å². The number of hydrogen-bond donors (Lipinski definition) is 6. The predicted octanol–water partition coefficient (Wildman–Crippen LogP) is 1.41. The van der Waals surface area contributed by atoms with E-state index in [0.29, 0.717) is 32.1 Å². The molecule has 332 valence electrons. The van der Waals surface area contributed by atoms with Gasteiger partial charge in [0.15, 0.2) is 24.7 Å². The van der Waals surface area contributed by atoms with Gasteiger partial charge < -0.3 is 73.3 Å². The molecule has 3 saturated carbocycles. The van der Waals surface area contributed by atoms with Crippen LogP contribution in [0.1, 0.15) is 99.3 Å². The lowest BCUT2D eigenvalue weighted by Crippen LogP contribution is -2.78. The Morgan fingerprint density at radius 2 is 1.34 bits per heavy atom. The number of fused-ring (bicyclic) bond motifs is 5.